The van der Waals surface area contributed by atoms with Crippen LogP contribution in [0.25, 0.3) is 0 Å². The number of aromatic amines is 1. The largest absolute Gasteiger partial charge is 0.367 e. The van der Waals surface area contributed by atoms with Gasteiger partial charge in [0.05, 0.1) is 0 Å². The number of H-pyrrole nitrogens is 1. The Morgan fingerprint density at radius 3 is 3.06 bits per heavy atom. The van der Waals surface area contributed by atoms with Crippen LogP contribution < -0.4 is 5.43 Å². The lowest BCUT2D eigenvalue weighted by Gasteiger charge is -2.24. The summed E-state index contributed by atoms with van der Waals surface area (Å²) in [6, 6.07) is 1.39. The normalized spacial score (nSPS) is 24.0. The number of nitrogens with one attached hydrogen (secondary N) is 1. The van der Waals surface area contributed by atoms with Crippen molar-refractivity contribution in [3.8, 4) is 0 Å². The maximum absolute atomic E-state index is 12.2. The summed E-state index contributed by atoms with van der Waals surface area (Å²) in [5.41, 5.74) is -0.0571. The van der Waals surface area contributed by atoms with E-state index in [4.69, 9.17) is 11.6 Å². The van der Waals surface area contributed by atoms with Crippen LogP contribution in [0.15, 0.2) is 23.3 Å². The number of aromatic nitrogens is 1. The van der Waals surface area contributed by atoms with E-state index in [0.717, 1.165) is 6.42 Å². The second-order valence-corrected chi connectivity index (χ2v) is 4.72. The number of hydrogen-bond donors (Lipinski definition) is 1. The van der Waals surface area contributed by atoms with Gasteiger partial charge in [0.1, 0.15) is 5.56 Å². The smallest absolute Gasteiger partial charge is 0.259 e. The Balaban J connectivity index is 2.27. The minimum Gasteiger partial charge on any atom is -0.367 e. The number of halogens is 1. The third kappa shape index (κ3) is 2.22. The number of carbonyl (C=O) groups excluding carboxylic acids is 1. The molecule has 1 amide bonds. The summed E-state index contributed by atoms with van der Waals surface area (Å²) in [6.07, 6.45) is 3.91. The summed E-state index contributed by atoms with van der Waals surface area (Å²) in [5.74, 6) is 0.582. The number of amides is 1. The van der Waals surface area contributed by atoms with Crippen molar-refractivity contribution in [3.63, 3.8) is 0 Å². The average Bonchev–Trinajstić information content (AvgIpc) is 2.70. The number of pyridine rings is 1. The van der Waals surface area contributed by atoms with Gasteiger partial charge in [0.25, 0.3) is 5.91 Å². The fourth-order valence-corrected chi connectivity index (χ4v) is 2.70. The van der Waals surface area contributed by atoms with Crippen molar-refractivity contribution in [1.29, 1.82) is 0 Å². The third-order valence-electron chi connectivity index (χ3n) is 3.36. The minimum atomic E-state index is -0.248. The predicted molar refractivity (Wildman–Crippen MR) is 66.4 cm³/mol. The quantitative estimate of drug-likeness (QED) is 0.813. The SMILES string of the molecule is CC1CCN(C(=O)c2c[nH]ccc2=O)C1CCl. The van der Waals surface area contributed by atoms with E-state index in [1.165, 1.54) is 18.5 Å². The molecule has 5 heteroatoms. The highest BCUT2D eigenvalue weighted by atomic mass is 35.5. The van der Waals surface area contributed by atoms with E-state index >= 15 is 0 Å². The molecule has 1 saturated heterocycles. The van der Waals surface area contributed by atoms with Crippen LogP contribution in [0, 0.1) is 5.92 Å². The van der Waals surface area contributed by atoms with Crippen LogP contribution >= 0.6 is 11.6 Å². The molecule has 0 radical (unpaired) electrons. The number of carbonyl (C=O) groups is 1. The zero-order chi connectivity index (χ0) is 12.4. The minimum absolute atomic E-state index is 0.0313. The van der Waals surface area contributed by atoms with Crippen molar-refractivity contribution in [2.75, 3.05) is 12.4 Å². The van der Waals surface area contributed by atoms with Gasteiger partial charge in [0.15, 0.2) is 5.43 Å². The zero-order valence-electron chi connectivity index (χ0n) is 9.65. The average molecular weight is 255 g/mol. The van der Waals surface area contributed by atoms with Gasteiger partial charge in [0, 0.05) is 36.9 Å². The summed E-state index contributed by atoms with van der Waals surface area (Å²) in [7, 11) is 0. The molecule has 92 valence electrons. The van der Waals surface area contributed by atoms with Crippen molar-refractivity contribution < 1.29 is 4.79 Å². The van der Waals surface area contributed by atoms with E-state index in [1.807, 2.05) is 0 Å². The summed E-state index contributed by atoms with van der Waals surface area (Å²) in [6.45, 7) is 2.75. The molecular weight excluding hydrogens is 240 g/mol. The Bertz CT molecular complexity index is 472. The topological polar surface area (TPSA) is 53.2 Å². The Hall–Kier alpha value is -1.29. The van der Waals surface area contributed by atoms with E-state index in [-0.39, 0.29) is 22.9 Å². The molecule has 17 heavy (non-hydrogen) atoms. The maximum Gasteiger partial charge on any atom is 0.259 e. The van der Waals surface area contributed by atoms with Gasteiger partial charge in [0.2, 0.25) is 0 Å². The standard InChI is InChI=1S/C12H15ClN2O2/c1-8-3-5-15(10(8)6-13)12(17)9-7-14-4-2-11(9)16/h2,4,7-8,10H,3,5-6H2,1H3,(H,14,16). The fourth-order valence-electron chi connectivity index (χ4n) is 2.23. The van der Waals surface area contributed by atoms with Crippen molar-refractivity contribution in [2.45, 2.75) is 19.4 Å². The van der Waals surface area contributed by atoms with E-state index in [2.05, 4.69) is 11.9 Å². The molecule has 1 aliphatic heterocycles. The first-order valence-electron chi connectivity index (χ1n) is 5.69. The first-order chi connectivity index (χ1) is 8.15. The molecule has 0 saturated carbocycles. The van der Waals surface area contributed by atoms with Crippen LogP contribution in [0.5, 0.6) is 0 Å². The highest BCUT2D eigenvalue weighted by molar-refractivity contribution is 6.18. The third-order valence-corrected chi connectivity index (χ3v) is 3.67. The molecule has 0 aromatic carbocycles. The van der Waals surface area contributed by atoms with Gasteiger partial charge in [-0.2, -0.15) is 0 Å². The number of hydrogen-bond acceptors (Lipinski definition) is 2. The lowest BCUT2D eigenvalue weighted by atomic mass is 10.0. The van der Waals surface area contributed by atoms with Gasteiger partial charge in [-0.05, 0) is 12.3 Å². The molecule has 0 aliphatic carbocycles. The lowest BCUT2D eigenvalue weighted by molar-refractivity contribution is 0.0735. The molecule has 1 aromatic rings. The monoisotopic (exact) mass is 254 g/mol. The highest BCUT2D eigenvalue weighted by Crippen LogP contribution is 2.25. The molecule has 1 fully saturated rings. The molecule has 0 bridgehead atoms. The Kier molecular flexibility index (Phi) is 3.52. The van der Waals surface area contributed by atoms with Crippen molar-refractivity contribution in [2.24, 2.45) is 5.92 Å². The van der Waals surface area contributed by atoms with Crippen LogP contribution in [0.4, 0.5) is 0 Å². The fraction of sp³-hybridized carbons (Fsp3) is 0.500. The Morgan fingerprint density at radius 2 is 2.41 bits per heavy atom. The molecule has 0 spiro atoms. The maximum atomic E-state index is 12.2. The first kappa shape index (κ1) is 12.2. The number of rotatable bonds is 2. The van der Waals surface area contributed by atoms with Crippen LogP contribution in [-0.4, -0.2) is 34.3 Å². The van der Waals surface area contributed by atoms with Gasteiger partial charge in [-0.15, -0.1) is 11.6 Å². The molecule has 2 rings (SSSR count). The predicted octanol–water partition coefficient (Wildman–Crippen LogP) is 1.46. The van der Waals surface area contributed by atoms with Gasteiger partial charge >= 0.3 is 0 Å². The van der Waals surface area contributed by atoms with Crippen molar-refractivity contribution >= 4 is 17.5 Å². The van der Waals surface area contributed by atoms with Gasteiger partial charge < -0.3 is 9.88 Å². The molecule has 4 nitrogen and oxygen atoms in total. The molecule has 1 aliphatic rings. The first-order valence-corrected chi connectivity index (χ1v) is 6.22. The van der Waals surface area contributed by atoms with Gasteiger partial charge in [-0.1, -0.05) is 6.92 Å². The summed E-state index contributed by atoms with van der Waals surface area (Å²) < 4.78 is 0. The van der Waals surface area contributed by atoms with Crippen LogP contribution in [0.3, 0.4) is 0 Å². The summed E-state index contributed by atoms with van der Waals surface area (Å²) >= 11 is 5.89. The van der Waals surface area contributed by atoms with E-state index in [9.17, 15) is 9.59 Å². The molecular formula is C12H15ClN2O2. The molecule has 1 N–H and O–H groups in total. The Labute approximate surface area is 105 Å². The number of nitrogens with zero attached hydrogens (tertiary/aromatic N) is 1. The summed E-state index contributed by atoms with van der Waals surface area (Å²) in [5, 5.41) is 0. The number of alkyl halides is 1. The second-order valence-electron chi connectivity index (χ2n) is 4.41. The Morgan fingerprint density at radius 1 is 1.65 bits per heavy atom. The van der Waals surface area contributed by atoms with E-state index in [1.54, 1.807) is 4.90 Å². The van der Waals surface area contributed by atoms with Crippen LogP contribution in [0.1, 0.15) is 23.7 Å². The summed E-state index contributed by atoms with van der Waals surface area (Å²) in [4.78, 5) is 28.3. The van der Waals surface area contributed by atoms with Gasteiger partial charge in [-0.3, -0.25) is 9.59 Å². The lowest BCUT2D eigenvalue weighted by Crippen LogP contribution is -2.40. The zero-order valence-corrected chi connectivity index (χ0v) is 10.4. The molecule has 2 atom stereocenters. The van der Waals surface area contributed by atoms with Crippen LogP contribution in [0.2, 0.25) is 0 Å². The van der Waals surface area contributed by atoms with Gasteiger partial charge in [-0.25, -0.2) is 0 Å². The highest BCUT2D eigenvalue weighted by Gasteiger charge is 2.34. The number of likely N-dealkylation sites (tertiary alicyclic amines) is 1. The second kappa shape index (κ2) is 4.92. The molecule has 1 aromatic heterocycles. The molecule has 2 unspecified atom stereocenters. The van der Waals surface area contributed by atoms with Crippen molar-refractivity contribution in [3.05, 3.63) is 34.2 Å². The van der Waals surface area contributed by atoms with Crippen LogP contribution in [-0.2, 0) is 0 Å². The van der Waals surface area contributed by atoms with E-state index in [0.29, 0.717) is 18.3 Å². The van der Waals surface area contributed by atoms with E-state index < -0.39 is 0 Å². The molecule has 2 heterocycles. The van der Waals surface area contributed by atoms with Crippen molar-refractivity contribution in [1.82, 2.24) is 9.88 Å².